The van der Waals surface area contributed by atoms with Gasteiger partial charge < -0.3 is 4.57 Å². The molecule has 2 rings (SSSR count). The van der Waals surface area contributed by atoms with Crippen molar-refractivity contribution in [3.8, 4) is 0 Å². The Kier molecular flexibility index (Phi) is 6.24. The fourth-order valence-electron chi connectivity index (χ4n) is 2.01. The Balaban J connectivity index is 1.92. The fourth-order valence-corrected chi connectivity index (χ4v) is 2.01. The maximum absolute atomic E-state index is 11.7. The number of allylic oxidation sites excluding steroid dienone is 4. The summed E-state index contributed by atoms with van der Waals surface area (Å²) < 4.78 is 2.12. The van der Waals surface area contributed by atoms with Crippen LogP contribution in [0.3, 0.4) is 0 Å². The molecule has 0 amide bonds. The van der Waals surface area contributed by atoms with Crippen LogP contribution >= 0.6 is 0 Å². The first-order chi connectivity index (χ1) is 11.2. The van der Waals surface area contributed by atoms with E-state index in [-0.39, 0.29) is 5.78 Å². The van der Waals surface area contributed by atoms with Crippen LogP contribution in [0, 0.1) is 0 Å². The lowest BCUT2D eigenvalue weighted by Gasteiger charge is -2.11. The van der Waals surface area contributed by atoms with Gasteiger partial charge in [-0.15, -0.1) is 0 Å². The largest absolute Gasteiger partial charge is 0.329 e. The Morgan fingerprint density at radius 2 is 2.04 bits per heavy atom. The monoisotopic (exact) mass is 307 g/mol. The van der Waals surface area contributed by atoms with Crippen molar-refractivity contribution in [3.05, 3.63) is 72.6 Å². The Morgan fingerprint density at radius 3 is 2.78 bits per heavy atom. The molecule has 0 bridgehead atoms. The number of nitrogens with zero attached hydrogens (tertiary/aromatic N) is 3. The molecular weight excluding hydrogens is 286 g/mol. The normalized spacial score (nSPS) is 13.3. The molecule has 0 saturated carbocycles. The van der Waals surface area contributed by atoms with E-state index in [0.29, 0.717) is 6.04 Å². The Labute approximate surface area is 136 Å². The van der Waals surface area contributed by atoms with Crippen LogP contribution in [0.1, 0.15) is 37.8 Å². The van der Waals surface area contributed by atoms with Gasteiger partial charge in [-0.05, 0) is 49.8 Å². The van der Waals surface area contributed by atoms with E-state index >= 15 is 0 Å². The van der Waals surface area contributed by atoms with E-state index in [1.54, 1.807) is 24.5 Å². The summed E-state index contributed by atoms with van der Waals surface area (Å²) in [6.45, 7) is 4.30. The van der Waals surface area contributed by atoms with Gasteiger partial charge in [0.15, 0.2) is 5.78 Å². The van der Waals surface area contributed by atoms with E-state index in [0.717, 1.165) is 17.9 Å². The number of carbonyl (C=O) groups excluding carboxylic acids is 1. The molecule has 2 aromatic heterocycles. The Hall–Kier alpha value is -2.75. The number of ketones is 1. The van der Waals surface area contributed by atoms with Gasteiger partial charge in [-0.3, -0.25) is 9.78 Å². The minimum absolute atomic E-state index is 0.0782. The summed E-state index contributed by atoms with van der Waals surface area (Å²) in [7, 11) is 0. The molecule has 2 heterocycles. The van der Waals surface area contributed by atoms with Crippen molar-refractivity contribution < 1.29 is 4.79 Å². The van der Waals surface area contributed by atoms with Crippen molar-refractivity contribution in [2.75, 3.05) is 0 Å². The van der Waals surface area contributed by atoms with Crippen molar-refractivity contribution in [3.63, 3.8) is 0 Å². The van der Waals surface area contributed by atoms with Gasteiger partial charge in [-0.2, -0.15) is 0 Å². The van der Waals surface area contributed by atoms with Gasteiger partial charge in [-0.25, -0.2) is 4.98 Å². The number of hydrogen-bond acceptors (Lipinski definition) is 3. The van der Waals surface area contributed by atoms with Gasteiger partial charge in [0.1, 0.15) is 5.82 Å². The van der Waals surface area contributed by atoms with Crippen LogP contribution in [0.2, 0.25) is 0 Å². The molecular formula is C19H21N3O. The summed E-state index contributed by atoms with van der Waals surface area (Å²) in [4.78, 5) is 20.2. The van der Waals surface area contributed by atoms with Crippen LogP contribution in [0.4, 0.5) is 0 Å². The lowest BCUT2D eigenvalue weighted by Crippen LogP contribution is -2.04. The maximum atomic E-state index is 11.7. The number of rotatable bonds is 7. The molecule has 0 aromatic carbocycles. The fraction of sp³-hybridized carbons (Fsp3) is 0.211. The van der Waals surface area contributed by atoms with Gasteiger partial charge in [0, 0.05) is 24.6 Å². The third-order valence-corrected chi connectivity index (χ3v) is 3.49. The SMILES string of the molecule is CCC(C)n1ccnc1/C=C/C=C/C(=O)/C=C/c1ccccn1. The summed E-state index contributed by atoms with van der Waals surface area (Å²) in [5, 5.41) is 0. The Morgan fingerprint density at radius 1 is 1.17 bits per heavy atom. The molecule has 4 nitrogen and oxygen atoms in total. The predicted octanol–water partition coefficient (Wildman–Crippen LogP) is 4.10. The zero-order chi connectivity index (χ0) is 16.5. The van der Waals surface area contributed by atoms with E-state index in [9.17, 15) is 4.79 Å². The maximum Gasteiger partial charge on any atom is 0.178 e. The molecule has 1 unspecified atom stereocenters. The highest BCUT2D eigenvalue weighted by molar-refractivity contribution is 6.02. The average molecular weight is 307 g/mol. The first-order valence-electron chi connectivity index (χ1n) is 7.71. The highest BCUT2D eigenvalue weighted by Gasteiger charge is 2.04. The predicted molar refractivity (Wildman–Crippen MR) is 93.7 cm³/mol. The van der Waals surface area contributed by atoms with E-state index in [2.05, 4.69) is 28.4 Å². The first-order valence-corrected chi connectivity index (χ1v) is 7.71. The third kappa shape index (κ3) is 5.18. The van der Waals surface area contributed by atoms with Crippen molar-refractivity contribution >= 4 is 17.9 Å². The number of imidazole rings is 1. The van der Waals surface area contributed by atoms with E-state index in [1.807, 2.05) is 36.5 Å². The molecule has 2 aromatic rings. The smallest absolute Gasteiger partial charge is 0.178 e. The second-order valence-electron chi connectivity index (χ2n) is 5.16. The number of aromatic nitrogens is 3. The molecule has 0 aliphatic carbocycles. The Bertz CT molecular complexity index is 711. The molecule has 0 aliphatic heterocycles. The van der Waals surface area contributed by atoms with E-state index in [1.165, 1.54) is 12.2 Å². The summed E-state index contributed by atoms with van der Waals surface area (Å²) in [5.74, 6) is 0.811. The summed E-state index contributed by atoms with van der Waals surface area (Å²) in [5.41, 5.74) is 0.764. The summed E-state index contributed by atoms with van der Waals surface area (Å²) in [6.07, 6.45) is 16.7. The molecule has 0 radical (unpaired) electrons. The molecule has 0 N–H and O–H groups in total. The summed E-state index contributed by atoms with van der Waals surface area (Å²) in [6, 6.07) is 5.98. The van der Waals surface area contributed by atoms with Crippen LogP contribution in [-0.2, 0) is 4.79 Å². The van der Waals surface area contributed by atoms with E-state index in [4.69, 9.17) is 0 Å². The molecule has 0 aliphatic rings. The molecule has 0 saturated heterocycles. The number of pyridine rings is 1. The molecule has 23 heavy (non-hydrogen) atoms. The van der Waals surface area contributed by atoms with Crippen LogP contribution in [0.5, 0.6) is 0 Å². The molecule has 0 spiro atoms. The van der Waals surface area contributed by atoms with Gasteiger partial charge in [0.2, 0.25) is 0 Å². The van der Waals surface area contributed by atoms with Crippen molar-refractivity contribution in [1.29, 1.82) is 0 Å². The molecule has 1 atom stereocenters. The third-order valence-electron chi connectivity index (χ3n) is 3.49. The van der Waals surface area contributed by atoms with Gasteiger partial charge in [0.05, 0.1) is 5.69 Å². The quantitative estimate of drug-likeness (QED) is 0.571. The highest BCUT2D eigenvalue weighted by Crippen LogP contribution is 2.13. The van der Waals surface area contributed by atoms with Gasteiger partial charge >= 0.3 is 0 Å². The highest BCUT2D eigenvalue weighted by atomic mass is 16.1. The zero-order valence-corrected chi connectivity index (χ0v) is 13.5. The minimum Gasteiger partial charge on any atom is -0.329 e. The molecule has 118 valence electrons. The molecule has 0 fully saturated rings. The van der Waals surface area contributed by atoms with Crippen LogP contribution in [0.15, 0.2) is 61.1 Å². The van der Waals surface area contributed by atoms with Crippen LogP contribution in [0.25, 0.3) is 12.2 Å². The van der Waals surface area contributed by atoms with Crippen molar-refractivity contribution in [1.82, 2.24) is 14.5 Å². The van der Waals surface area contributed by atoms with Gasteiger partial charge in [0.25, 0.3) is 0 Å². The summed E-state index contributed by atoms with van der Waals surface area (Å²) >= 11 is 0. The molecule has 4 heteroatoms. The second-order valence-corrected chi connectivity index (χ2v) is 5.16. The average Bonchev–Trinajstić information content (AvgIpc) is 3.05. The van der Waals surface area contributed by atoms with Crippen LogP contribution < -0.4 is 0 Å². The zero-order valence-electron chi connectivity index (χ0n) is 13.5. The number of hydrogen-bond donors (Lipinski definition) is 0. The lowest BCUT2D eigenvalue weighted by molar-refractivity contribution is -0.110. The van der Waals surface area contributed by atoms with E-state index < -0.39 is 0 Å². The topological polar surface area (TPSA) is 47.8 Å². The van der Waals surface area contributed by atoms with Gasteiger partial charge in [-0.1, -0.05) is 25.1 Å². The van der Waals surface area contributed by atoms with Crippen molar-refractivity contribution in [2.24, 2.45) is 0 Å². The first kappa shape index (κ1) is 16.6. The standard InChI is InChI=1S/C19H21N3O/c1-3-16(2)22-15-14-21-19(22)10-5-4-9-18(23)12-11-17-8-6-7-13-20-17/h4-16H,3H2,1-2H3/b9-4+,10-5+,12-11+. The van der Waals surface area contributed by atoms with Crippen molar-refractivity contribution in [2.45, 2.75) is 26.3 Å². The second kappa shape index (κ2) is 8.63. The minimum atomic E-state index is -0.0782. The number of carbonyl (C=O) groups is 1. The van der Waals surface area contributed by atoms with Crippen LogP contribution in [-0.4, -0.2) is 20.3 Å². The lowest BCUT2D eigenvalue weighted by atomic mass is 10.2.